The molecule has 0 aromatic rings. The van der Waals surface area contributed by atoms with Crippen molar-refractivity contribution in [2.45, 2.75) is 36.6 Å². The standard InChI is InChI=1S/C34H62F8O21/c35-55-9-1-43-17-29(51-5-13-59-39)21-47-25-33(26-48-22-30(52-6-14-60-40)18-44-2-10-56-36)63-34(27-49-23-31(53-7-15-61-41)19-45-3-11-57-37)28-50-24-32(54-8-16-62-42)20-46-4-12-58-38/h29-34H,1-28H2. The Labute approximate surface area is 359 Å². The van der Waals surface area contributed by atoms with Crippen molar-refractivity contribution in [1.82, 2.24) is 0 Å². The van der Waals surface area contributed by atoms with Gasteiger partial charge in [-0.2, -0.15) is 39.5 Å². The fraction of sp³-hybridized carbons (Fsp3) is 1.00. The SMILES string of the molecule is FOCCOCC(COCC(COCC(COCCOF)OCCOF)OC(COCC(COCCOF)OCCOF)COCC(COCCOF)OCCOF)OCCOF. The third kappa shape index (κ3) is 41.8. The first-order chi connectivity index (χ1) is 31.0. The number of hydrogen-bond donors (Lipinski definition) is 0. The van der Waals surface area contributed by atoms with E-state index in [1.807, 2.05) is 0 Å². The van der Waals surface area contributed by atoms with Crippen LogP contribution in [0.4, 0.5) is 36.2 Å². The predicted octanol–water partition coefficient (Wildman–Crippen LogP) is 2.62. The molecule has 0 spiro atoms. The predicted molar refractivity (Wildman–Crippen MR) is 191 cm³/mol. The third-order valence-electron chi connectivity index (χ3n) is 7.31. The lowest BCUT2D eigenvalue weighted by molar-refractivity contribution is -0.180. The van der Waals surface area contributed by atoms with E-state index in [9.17, 15) is 36.2 Å². The Morgan fingerprint density at radius 3 is 0.571 bits per heavy atom. The van der Waals surface area contributed by atoms with E-state index >= 15 is 0 Å². The van der Waals surface area contributed by atoms with E-state index in [0.29, 0.717) is 0 Å². The Morgan fingerprint density at radius 2 is 0.365 bits per heavy atom. The van der Waals surface area contributed by atoms with Crippen molar-refractivity contribution in [3.05, 3.63) is 0 Å². The van der Waals surface area contributed by atoms with Gasteiger partial charge in [0.25, 0.3) is 0 Å². The molecule has 0 bridgehead atoms. The van der Waals surface area contributed by atoms with Gasteiger partial charge in [0.2, 0.25) is 0 Å². The minimum atomic E-state index is -0.955. The molecule has 0 amide bonds. The second-order valence-electron chi connectivity index (χ2n) is 12.3. The monoisotopic (exact) mass is 958 g/mol. The molecule has 29 heteroatoms. The molecule has 21 nitrogen and oxygen atoms in total. The van der Waals surface area contributed by atoms with E-state index in [1.54, 1.807) is 0 Å². The van der Waals surface area contributed by atoms with Gasteiger partial charge in [0, 0.05) is 0 Å². The largest absolute Gasteiger partial charge is 0.376 e. The molecule has 0 aliphatic heterocycles. The van der Waals surface area contributed by atoms with Crippen molar-refractivity contribution in [3.63, 3.8) is 0 Å². The van der Waals surface area contributed by atoms with E-state index in [0.717, 1.165) is 0 Å². The van der Waals surface area contributed by atoms with Crippen LogP contribution < -0.4 is 0 Å². The van der Waals surface area contributed by atoms with Crippen LogP contribution in [0.25, 0.3) is 0 Å². The molecule has 0 aliphatic rings. The van der Waals surface area contributed by atoms with Gasteiger partial charge in [0.15, 0.2) is 0 Å². The van der Waals surface area contributed by atoms with E-state index in [2.05, 4.69) is 39.5 Å². The molecule has 0 aliphatic carbocycles. The van der Waals surface area contributed by atoms with Crippen molar-refractivity contribution in [1.29, 1.82) is 0 Å². The molecule has 4 unspecified atom stereocenters. The highest BCUT2D eigenvalue weighted by Crippen LogP contribution is 2.09. The molecule has 0 fully saturated rings. The normalized spacial score (nSPS) is 14.9. The number of ether oxygens (including phenoxy) is 13. The molecule has 0 N–H and O–H groups in total. The number of rotatable bonds is 54. The summed E-state index contributed by atoms with van der Waals surface area (Å²) in [5, 5.41) is 0. The fourth-order valence-electron chi connectivity index (χ4n) is 4.63. The number of hydrogen-bond acceptors (Lipinski definition) is 21. The van der Waals surface area contributed by atoms with Gasteiger partial charge < -0.3 is 61.6 Å². The Balaban J connectivity index is 6.18. The minimum Gasteiger partial charge on any atom is -0.376 e. The summed E-state index contributed by atoms with van der Waals surface area (Å²) < 4.78 is 171. The van der Waals surface area contributed by atoms with Crippen LogP contribution in [0, 0.1) is 0 Å². The zero-order chi connectivity index (χ0) is 46.1. The third-order valence-corrected chi connectivity index (χ3v) is 7.31. The van der Waals surface area contributed by atoms with E-state index in [-0.39, 0.29) is 159 Å². The zero-order valence-corrected chi connectivity index (χ0v) is 34.9. The number of halogens is 8. The zero-order valence-electron chi connectivity index (χ0n) is 34.9. The van der Waals surface area contributed by atoms with E-state index in [4.69, 9.17) is 61.6 Å². The smallest absolute Gasteiger partial charge is 0.111 e. The molecule has 0 saturated heterocycles. The van der Waals surface area contributed by atoms with Gasteiger partial charge in [-0.3, -0.25) is 0 Å². The van der Waals surface area contributed by atoms with Crippen LogP contribution in [-0.2, 0) is 101 Å². The summed E-state index contributed by atoms with van der Waals surface area (Å²) >= 11 is 0. The molecule has 63 heavy (non-hydrogen) atoms. The van der Waals surface area contributed by atoms with Crippen molar-refractivity contribution < 1.29 is 137 Å². The van der Waals surface area contributed by atoms with Gasteiger partial charge in [-0.05, 0) is 36.2 Å². The van der Waals surface area contributed by atoms with Gasteiger partial charge in [0.05, 0.1) is 132 Å². The average molecular weight is 959 g/mol. The quantitative estimate of drug-likeness (QED) is 0.0638. The Hall–Kier alpha value is -1.40. The molecule has 0 aromatic carbocycles. The summed E-state index contributed by atoms with van der Waals surface area (Å²) in [5.41, 5.74) is 0. The maximum atomic E-state index is 12.3. The molecule has 0 rings (SSSR count). The van der Waals surface area contributed by atoms with E-state index in [1.165, 1.54) is 0 Å². The molecule has 380 valence electrons. The summed E-state index contributed by atoms with van der Waals surface area (Å²) in [6.07, 6.45) is -5.13. The van der Waals surface area contributed by atoms with Crippen LogP contribution in [0.5, 0.6) is 0 Å². The molecule has 0 aromatic heterocycles. The van der Waals surface area contributed by atoms with Crippen LogP contribution in [0.3, 0.4) is 0 Å². The lowest BCUT2D eigenvalue weighted by Gasteiger charge is -2.28. The molecule has 0 heterocycles. The lowest BCUT2D eigenvalue weighted by Crippen LogP contribution is -2.39. The van der Waals surface area contributed by atoms with Crippen molar-refractivity contribution >= 4 is 0 Å². The van der Waals surface area contributed by atoms with Gasteiger partial charge >= 0.3 is 0 Å². The van der Waals surface area contributed by atoms with E-state index < -0.39 is 63.1 Å². The van der Waals surface area contributed by atoms with Crippen molar-refractivity contribution in [2.75, 3.05) is 185 Å². The fourth-order valence-corrected chi connectivity index (χ4v) is 4.63. The van der Waals surface area contributed by atoms with Gasteiger partial charge in [-0.15, -0.1) is 0 Å². The highest BCUT2D eigenvalue weighted by atomic mass is 19.3. The Kier molecular flexibility index (Phi) is 48.9. The van der Waals surface area contributed by atoms with Crippen molar-refractivity contribution in [2.24, 2.45) is 0 Å². The highest BCUT2D eigenvalue weighted by Gasteiger charge is 2.23. The highest BCUT2D eigenvalue weighted by molar-refractivity contribution is 4.68. The summed E-state index contributed by atoms with van der Waals surface area (Å²) in [4.78, 5) is 28.1. The Bertz CT molecular complexity index is 770. The van der Waals surface area contributed by atoms with Crippen LogP contribution in [0.2, 0.25) is 0 Å². The minimum absolute atomic E-state index is 0.118. The lowest BCUT2D eigenvalue weighted by atomic mass is 10.3. The Morgan fingerprint density at radius 1 is 0.190 bits per heavy atom. The van der Waals surface area contributed by atoms with Crippen LogP contribution in [0.15, 0.2) is 0 Å². The molecule has 0 saturated carbocycles. The van der Waals surface area contributed by atoms with Crippen LogP contribution >= 0.6 is 0 Å². The average Bonchev–Trinajstić information content (AvgIpc) is 3.28. The first-order valence-electron chi connectivity index (χ1n) is 19.6. The summed E-state index contributed by atoms with van der Waals surface area (Å²) in [6.45, 7) is -6.35. The van der Waals surface area contributed by atoms with Crippen molar-refractivity contribution in [3.8, 4) is 0 Å². The summed E-state index contributed by atoms with van der Waals surface area (Å²) in [5.74, 6) is 0. The van der Waals surface area contributed by atoms with Crippen LogP contribution in [-0.4, -0.2) is 222 Å². The van der Waals surface area contributed by atoms with Gasteiger partial charge in [-0.25, -0.2) is 0 Å². The molecular formula is C34H62F8O21. The maximum Gasteiger partial charge on any atom is 0.111 e. The topological polar surface area (TPSA) is 194 Å². The summed E-state index contributed by atoms with van der Waals surface area (Å²) in [7, 11) is 0. The molecule has 4 atom stereocenters. The van der Waals surface area contributed by atoms with Gasteiger partial charge in [-0.1, -0.05) is 0 Å². The van der Waals surface area contributed by atoms with Crippen LogP contribution in [0.1, 0.15) is 0 Å². The second kappa shape index (κ2) is 50.0. The molecule has 0 radical (unpaired) electrons. The van der Waals surface area contributed by atoms with Gasteiger partial charge in [0.1, 0.15) is 89.5 Å². The first-order valence-corrected chi connectivity index (χ1v) is 19.6. The molecular weight excluding hydrogens is 896 g/mol. The summed E-state index contributed by atoms with van der Waals surface area (Å²) in [6, 6.07) is 0. The first kappa shape index (κ1) is 61.6. The maximum absolute atomic E-state index is 12.3. The second-order valence-corrected chi connectivity index (χ2v) is 12.3.